The zero-order chi connectivity index (χ0) is 18.6. The zero-order valence-corrected chi connectivity index (χ0v) is 14.1. The number of likely N-dealkylation sites (N-methyl/N-ethyl adjacent to an activating group) is 1. The third-order valence-corrected chi connectivity index (χ3v) is 4.63. The molecule has 2 rings (SSSR count). The fourth-order valence-corrected chi connectivity index (χ4v) is 3.22. The highest BCUT2D eigenvalue weighted by Gasteiger charge is 2.35. The van der Waals surface area contributed by atoms with Crippen molar-refractivity contribution >= 4 is 5.91 Å². The van der Waals surface area contributed by atoms with Gasteiger partial charge in [-0.2, -0.15) is 0 Å². The Hall–Kier alpha value is -1.64. The van der Waals surface area contributed by atoms with Crippen molar-refractivity contribution in [3.63, 3.8) is 0 Å². The Morgan fingerprint density at radius 1 is 1.20 bits per heavy atom. The van der Waals surface area contributed by atoms with Crippen LogP contribution >= 0.6 is 0 Å². The topological polar surface area (TPSA) is 64.0 Å². The van der Waals surface area contributed by atoms with Crippen LogP contribution < -0.4 is 0 Å². The molecule has 0 unspecified atom stereocenters. The molecule has 5 nitrogen and oxygen atoms in total. The molecule has 0 spiro atoms. The van der Waals surface area contributed by atoms with Crippen molar-refractivity contribution in [3.05, 3.63) is 35.1 Å². The van der Waals surface area contributed by atoms with Crippen LogP contribution in [0.4, 0.5) is 13.2 Å². The molecule has 0 bridgehead atoms. The molecule has 1 aliphatic rings. The Kier molecular flexibility index (Phi) is 6.80. The summed E-state index contributed by atoms with van der Waals surface area (Å²) in [5.41, 5.74) is -0.451. The second kappa shape index (κ2) is 8.64. The van der Waals surface area contributed by atoms with E-state index in [-0.39, 0.29) is 25.0 Å². The Morgan fingerprint density at radius 3 is 2.36 bits per heavy atom. The number of aliphatic hydroxyl groups excluding tert-OH is 2. The predicted octanol–water partition coefficient (Wildman–Crippen LogP) is 0.637. The molecule has 2 N–H and O–H groups in total. The monoisotopic (exact) mass is 360 g/mol. The summed E-state index contributed by atoms with van der Waals surface area (Å²) in [4.78, 5) is 15.8. The third kappa shape index (κ3) is 4.93. The molecule has 25 heavy (non-hydrogen) atoms. The van der Waals surface area contributed by atoms with E-state index in [9.17, 15) is 23.1 Å². The molecule has 1 aromatic rings. The molecule has 0 aromatic heterocycles. The molecule has 1 fully saturated rings. The van der Waals surface area contributed by atoms with E-state index < -0.39 is 35.3 Å². The molecular formula is C17H23F3N2O3. The second-order valence-electron chi connectivity index (χ2n) is 6.51. The van der Waals surface area contributed by atoms with Crippen LogP contribution in [0.5, 0.6) is 0 Å². The maximum absolute atomic E-state index is 13.7. The molecular weight excluding hydrogens is 337 g/mol. The Labute approximate surface area is 144 Å². The molecule has 0 saturated carbocycles. The van der Waals surface area contributed by atoms with E-state index in [4.69, 9.17) is 5.11 Å². The molecule has 140 valence electrons. The normalized spacial score (nSPS) is 20.5. The maximum atomic E-state index is 13.7. The highest BCUT2D eigenvalue weighted by atomic mass is 19.1. The lowest BCUT2D eigenvalue weighted by Crippen LogP contribution is -2.34. The van der Waals surface area contributed by atoms with E-state index in [0.29, 0.717) is 38.3 Å². The summed E-state index contributed by atoms with van der Waals surface area (Å²) in [6.45, 7) is 1.66. The van der Waals surface area contributed by atoms with Crippen molar-refractivity contribution in [1.29, 1.82) is 0 Å². The Morgan fingerprint density at radius 2 is 1.80 bits per heavy atom. The van der Waals surface area contributed by atoms with Gasteiger partial charge in [-0.25, -0.2) is 13.2 Å². The first-order chi connectivity index (χ1) is 11.8. The van der Waals surface area contributed by atoms with Crippen LogP contribution in [0, 0.1) is 29.3 Å². The molecule has 1 aliphatic heterocycles. The summed E-state index contributed by atoms with van der Waals surface area (Å²) in [6, 6.07) is 1.11. The molecule has 0 radical (unpaired) electrons. The fourth-order valence-electron chi connectivity index (χ4n) is 3.22. The lowest BCUT2D eigenvalue weighted by atomic mass is 9.96. The minimum Gasteiger partial charge on any atom is -0.396 e. The van der Waals surface area contributed by atoms with Crippen molar-refractivity contribution in [2.24, 2.45) is 11.8 Å². The van der Waals surface area contributed by atoms with Crippen LogP contribution in [0.1, 0.15) is 5.56 Å². The van der Waals surface area contributed by atoms with Crippen molar-refractivity contribution in [3.8, 4) is 0 Å². The molecule has 1 heterocycles. The first kappa shape index (κ1) is 19.7. The molecule has 1 aromatic carbocycles. The van der Waals surface area contributed by atoms with Gasteiger partial charge in [0, 0.05) is 56.4 Å². The van der Waals surface area contributed by atoms with Crippen molar-refractivity contribution in [2.75, 3.05) is 46.4 Å². The lowest BCUT2D eigenvalue weighted by Gasteiger charge is -2.23. The van der Waals surface area contributed by atoms with E-state index in [2.05, 4.69) is 0 Å². The second-order valence-corrected chi connectivity index (χ2v) is 6.51. The maximum Gasteiger partial charge on any atom is 0.227 e. The number of likely N-dealkylation sites (tertiary alicyclic amines) is 1. The van der Waals surface area contributed by atoms with Crippen LogP contribution in [-0.4, -0.2) is 72.4 Å². The van der Waals surface area contributed by atoms with Crippen LogP contribution in [-0.2, 0) is 11.2 Å². The van der Waals surface area contributed by atoms with Gasteiger partial charge in [0.05, 0.1) is 13.0 Å². The van der Waals surface area contributed by atoms with E-state index in [1.54, 1.807) is 0 Å². The molecule has 1 amide bonds. The van der Waals surface area contributed by atoms with Crippen LogP contribution in [0.25, 0.3) is 0 Å². The van der Waals surface area contributed by atoms with E-state index >= 15 is 0 Å². The van der Waals surface area contributed by atoms with Crippen molar-refractivity contribution < 1.29 is 28.2 Å². The lowest BCUT2D eigenvalue weighted by molar-refractivity contribution is -0.129. The van der Waals surface area contributed by atoms with E-state index in [0.717, 1.165) is 0 Å². The molecule has 0 aliphatic carbocycles. The van der Waals surface area contributed by atoms with E-state index in [1.807, 2.05) is 11.9 Å². The summed E-state index contributed by atoms with van der Waals surface area (Å²) in [5.74, 6) is -3.78. The summed E-state index contributed by atoms with van der Waals surface area (Å²) in [5, 5.41) is 18.5. The van der Waals surface area contributed by atoms with Gasteiger partial charge in [-0.3, -0.25) is 4.79 Å². The number of nitrogens with zero attached hydrogens (tertiary/aromatic N) is 2. The standard InChI is InChI=1S/C17H23F3N2O3/c1-21(2-3-23)7-11-8-22(9-12(11)10-24)17(25)6-14-15(19)4-13(18)5-16(14)20/h4-5,11-12,23-24H,2-3,6-10H2,1H3/t11-,12-/m1/s1. The van der Waals surface area contributed by atoms with Crippen molar-refractivity contribution in [2.45, 2.75) is 6.42 Å². The SMILES string of the molecule is CN(CCO)C[C@@H]1CN(C(=O)Cc2c(F)cc(F)cc2F)C[C@@H]1CO. The molecule has 1 saturated heterocycles. The van der Waals surface area contributed by atoms with Gasteiger partial charge in [0.2, 0.25) is 5.91 Å². The number of carbonyl (C=O) groups excluding carboxylic acids is 1. The number of hydrogen-bond donors (Lipinski definition) is 2. The number of carbonyl (C=O) groups is 1. The minimum absolute atomic E-state index is 0.00779. The smallest absolute Gasteiger partial charge is 0.227 e. The third-order valence-electron chi connectivity index (χ3n) is 4.63. The van der Waals surface area contributed by atoms with Gasteiger partial charge in [-0.1, -0.05) is 0 Å². The first-order valence-electron chi connectivity index (χ1n) is 8.17. The van der Waals surface area contributed by atoms with Gasteiger partial charge in [0.1, 0.15) is 17.5 Å². The van der Waals surface area contributed by atoms with Gasteiger partial charge in [-0.15, -0.1) is 0 Å². The molecule has 8 heteroatoms. The van der Waals surface area contributed by atoms with Crippen LogP contribution in [0.2, 0.25) is 0 Å². The van der Waals surface area contributed by atoms with Gasteiger partial charge in [0.25, 0.3) is 0 Å². The van der Waals surface area contributed by atoms with Gasteiger partial charge < -0.3 is 20.0 Å². The van der Waals surface area contributed by atoms with Gasteiger partial charge in [0.15, 0.2) is 0 Å². The Balaban J connectivity index is 2.03. The zero-order valence-electron chi connectivity index (χ0n) is 14.1. The average Bonchev–Trinajstić information content (AvgIpc) is 2.93. The fraction of sp³-hybridized carbons (Fsp3) is 0.588. The van der Waals surface area contributed by atoms with Gasteiger partial charge in [-0.05, 0) is 13.0 Å². The number of benzene rings is 1. The van der Waals surface area contributed by atoms with Crippen molar-refractivity contribution in [1.82, 2.24) is 9.80 Å². The number of halogens is 3. The predicted molar refractivity (Wildman–Crippen MR) is 85.2 cm³/mol. The minimum atomic E-state index is -1.08. The summed E-state index contributed by atoms with van der Waals surface area (Å²) >= 11 is 0. The summed E-state index contributed by atoms with van der Waals surface area (Å²) in [7, 11) is 1.83. The van der Waals surface area contributed by atoms with E-state index in [1.165, 1.54) is 4.90 Å². The largest absolute Gasteiger partial charge is 0.396 e. The number of aliphatic hydroxyl groups is 2. The summed E-state index contributed by atoms with van der Waals surface area (Å²) in [6.07, 6.45) is -0.491. The highest BCUT2D eigenvalue weighted by molar-refractivity contribution is 5.79. The van der Waals surface area contributed by atoms with Crippen LogP contribution in [0.3, 0.4) is 0 Å². The number of amides is 1. The average molecular weight is 360 g/mol. The summed E-state index contributed by atoms with van der Waals surface area (Å²) < 4.78 is 40.4. The Bertz CT molecular complexity index is 592. The number of rotatable bonds is 7. The van der Waals surface area contributed by atoms with Gasteiger partial charge >= 0.3 is 0 Å². The highest BCUT2D eigenvalue weighted by Crippen LogP contribution is 2.25. The molecule has 2 atom stereocenters. The number of hydrogen-bond acceptors (Lipinski definition) is 4. The van der Waals surface area contributed by atoms with Crippen LogP contribution in [0.15, 0.2) is 12.1 Å². The quantitative estimate of drug-likeness (QED) is 0.749. The first-order valence-corrected chi connectivity index (χ1v) is 8.17.